The number of aromatic nitrogens is 2. The van der Waals surface area contributed by atoms with Crippen molar-refractivity contribution in [3.05, 3.63) is 41.9 Å². The van der Waals surface area contributed by atoms with Crippen LogP contribution in [-0.4, -0.2) is 21.2 Å². The van der Waals surface area contributed by atoms with E-state index in [-0.39, 0.29) is 5.56 Å². The molecular weight excluding hydrogens is 210 g/mol. The van der Waals surface area contributed by atoms with Gasteiger partial charge in [0.05, 0.1) is 12.7 Å². The van der Waals surface area contributed by atoms with Crippen LogP contribution in [0.4, 0.5) is 5.82 Å². The lowest BCUT2D eigenvalue weighted by atomic mass is 10.2. The van der Waals surface area contributed by atoms with Gasteiger partial charge >= 0.3 is 5.97 Å². The van der Waals surface area contributed by atoms with Crippen LogP contribution < -0.4 is 5.32 Å². The van der Waals surface area contributed by atoms with Gasteiger partial charge < -0.3 is 14.9 Å². The Morgan fingerprint density at radius 2 is 2.31 bits per heavy atom. The van der Waals surface area contributed by atoms with Crippen molar-refractivity contribution in [1.82, 2.24) is 10.1 Å². The SMILES string of the molecule is O=C(O)c1cccnc1NCc1ccno1. The molecule has 0 radical (unpaired) electrons. The van der Waals surface area contributed by atoms with E-state index < -0.39 is 5.97 Å². The monoisotopic (exact) mass is 219 g/mol. The molecule has 2 rings (SSSR count). The molecule has 2 aromatic heterocycles. The fourth-order valence-corrected chi connectivity index (χ4v) is 1.22. The van der Waals surface area contributed by atoms with Gasteiger partial charge in [0, 0.05) is 12.3 Å². The second-order valence-corrected chi connectivity index (χ2v) is 3.04. The summed E-state index contributed by atoms with van der Waals surface area (Å²) >= 11 is 0. The predicted octanol–water partition coefficient (Wildman–Crippen LogP) is 1.38. The van der Waals surface area contributed by atoms with Gasteiger partial charge in [-0.1, -0.05) is 5.16 Å². The van der Waals surface area contributed by atoms with Crippen molar-refractivity contribution < 1.29 is 14.4 Å². The summed E-state index contributed by atoms with van der Waals surface area (Å²) in [6, 6.07) is 4.75. The maximum absolute atomic E-state index is 10.9. The number of hydrogen-bond acceptors (Lipinski definition) is 5. The minimum Gasteiger partial charge on any atom is -0.478 e. The van der Waals surface area contributed by atoms with E-state index in [0.717, 1.165) is 0 Å². The molecule has 0 bridgehead atoms. The first-order valence-electron chi connectivity index (χ1n) is 4.59. The zero-order valence-electron chi connectivity index (χ0n) is 8.25. The van der Waals surface area contributed by atoms with Gasteiger partial charge in [0.25, 0.3) is 0 Å². The number of rotatable bonds is 4. The number of carboxylic acid groups (broad SMARTS) is 1. The second kappa shape index (κ2) is 4.43. The highest BCUT2D eigenvalue weighted by atomic mass is 16.5. The smallest absolute Gasteiger partial charge is 0.339 e. The zero-order chi connectivity index (χ0) is 11.4. The third-order valence-corrected chi connectivity index (χ3v) is 1.96. The molecule has 0 spiro atoms. The van der Waals surface area contributed by atoms with E-state index in [4.69, 9.17) is 9.63 Å². The van der Waals surface area contributed by atoms with Crippen molar-refractivity contribution in [2.75, 3.05) is 5.32 Å². The summed E-state index contributed by atoms with van der Waals surface area (Å²) in [5.41, 5.74) is 0.127. The van der Waals surface area contributed by atoms with Crippen LogP contribution in [0.2, 0.25) is 0 Å². The minimum atomic E-state index is -1.02. The molecule has 0 fully saturated rings. The zero-order valence-corrected chi connectivity index (χ0v) is 8.25. The van der Waals surface area contributed by atoms with Crippen LogP contribution in [0.5, 0.6) is 0 Å². The predicted molar refractivity (Wildman–Crippen MR) is 55.0 cm³/mol. The van der Waals surface area contributed by atoms with Gasteiger partial charge in [0.15, 0.2) is 5.76 Å². The molecule has 0 aromatic carbocycles. The number of nitrogens with one attached hydrogen (secondary N) is 1. The van der Waals surface area contributed by atoms with Crippen LogP contribution in [-0.2, 0) is 6.54 Å². The highest BCUT2D eigenvalue weighted by Crippen LogP contribution is 2.12. The Balaban J connectivity index is 2.12. The molecular formula is C10H9N3O3. The Morgan fingerprint density at radius 1 is 1.44 bits per heavy atom. The first-order valence-corrected chi connectivity index (χ1v) is 4.59. The van der Waals surface area contributed by atoms with Crippen LogP contribution in [0.25, 0.3) is 0 Å². The van der Waals surface area contributed by atoms with E-state index in [9.17, 15) is 4.79 Å². The topological polar surface area (TPSA) is 88.2 Å². The van der Waals surface area contributed by atoms with E-state index in [0.29, 0.717) is 18.1 Å². The van der Waals surface area contributed by atoms with Crippen LogP contribution in [0.1, 0.15) is 16.1 Å². The van der Waals surface area contributed by atoms with Crippen molar-refractivity contribution in [3.63, 3.8) is 0 Å². The summed E-state index contributed by atoms with van der Waals surface area (Å²) in [5.74, 6) is -0.0958. The first-order chi connectivity index (χ1) is 7.77. The van der Waals surface area contributed by atoms with Crippen molar-refractivity contribution in [2.24, 2.45) is 0 Å². The lowest BCUT2D eigenvalue weighted by molar-refractivity contribution is 0.0697. The fourth-order valence-electron chi connectivity index (χ4n) is 1.22. The molecule has 0 aliphatic rings. The fraction of sp³-hybridized carbons (Fsp3) is 0.100. The van der Waals surface area contributed by atoms with E-state index >= 15 is 0 Å². The number of carbonyl (C=O) groups is 1. The molecule has 0 aliphatic heterocycles. The molecule has 6 nitrogen and oxygen atoms in total. The molecule has 0 amide bonds. The normalized spacial score (nSPS) is 10.0. The van der Waals surface area contributed by atoms with Gasteiger partial charge in [-0.25, -0.2) is 9.78 Å². The maximum atomic E-state index is 10.9. The van der Waals surface area contributed by atoms with Gasteiger partial charge in [0.1, 0.15) is 11.4 Å². The summed E-state index contributed by atoms with van der Waals surface area (Å²) in [6.07, 6.45) is 3.04. The van der Waals surface area contributed by atoms with Crippen LogP contribution in [0, 0.1) is 0 Å². The quantitative estimate of drug-likeness (QED) is 0.807. The molecule has 0 atom stereocenters. The largest absolute Gasteiger partial charge is 0.478 e. The van der Waals surface area contributed by atoms with Crippen molar-refractivity contribution in [1.29, 1.82) is 0 Å². The van der Waals surface area contributed by atoms with E-state index in [2.05, 4.69) is 15.5 Å². The van der Waals surface area contributed by atoms with E-state index in [1.807, 2.05) is 0 Å². The van der Waals surface area contributed by atoms with Crippen LogP contribution >= 0.6 is 0 Å². The Morgan fingerprint density at radius 3 is 3.00 bits per heavy atom. The molecule has 16 heavy (non-hydrogen) atoms. The van der Waals surface area contributed by atoms with Crippen molar-refractivity contribution in [3.8, 4) is 0 Å². The molecule has 2 heterocycles. The first kappa shape index (κ1) is 10.2. The number of anilines is 1. The van der Waals surface area contributed by atoms with Gasteiger partial charge in [-0.15, -0.1) is 0 Å². The highest BCUT2D eigenvalue weighted by Gasteiger charge is 2.10. The summed E-state index contributed by atoms with van der Waals surface area (Å²) in [5, 5.41) is 15.3. The third kappa shape index (κ3) is 2.17. The number of carboxylic acids is 1. The van der Waals surface area contributed by atoms with Gasteiger partial charge in [-0.3, -0.25) is 0 Å². The summed E-state index contributed by atoms with van der Waals surface area (Å²) in [7, 11) is 0. The van der Waals surface area contributed by atoms with Crippen LogP contribution in [0.3, 0.4) is 0 Å². The molecule has 82 valence electrons. The maximum Gasteiger partial charge on any atom is 0.339 e. The summed E-state index contributed by atoms with van der Waals surface area (Å²) in [6.45, 7) is 0.345. The lowest BCUT2D eigenvalue weighted by Crippen LogP contribution is -2.07. The van der Waals surface area contributed by atoms with Crippen molar-refractivity contribution >= 4 is 11.8 Å². The number of pyridine rings is 1. The molecule has 0 aliphatic carbocycles. The van der Waals surface area contributed by atoms with Gasteiger partial charge in [-0.2, -0.15) is 0 Å². The van der Waals surface area contributed by atoms with E-state index in [1.165, 1.54) is 18.5 Å². The lowest BCUT2D eigenvalue weighted by Gasteiger charge is -2.05. The number of hydrogen-bond donors (Lipinski definition) is 2. The highest BCUT2D eigenvalue weighted by molar-refractivity contribution is 5.92. The molecule has 0 saturated heterocycles. The molecule has 2 N–H and O–H groups in total. The minimum absolute atomic E-state index is 0.127. The molecule has 0 saturated carbocycles. The second-order valence-electron chi connectivity index (χ2n) is 3.04. The Bertz CT molecular complexity index is 482. The van der Waals surface area contributed by atoms with Gasteiger partial charge in [0.2, 0.25) is 0 Å². The summed E-state index contributed by atoms with van der Waals surface area (Å²) < 4.78 is 4.87. The van der Waals surface area contributed by atoms with Crippen LogP contribution in [0.15, 0.2) is 35.1 Å². The Kier molecular flexibility index (Phi) is 2.81. The molecule has 6 heteroatoms. The average molecular weight is 219 g/mol. The van der Waals surface area contributed by atoms with Gasteiger partial charge in [-0.05, 0) is 12.1 Å². The number of nitrogens with zero attached hydrogens (tertiary/aromatic N) is 2. The number of aromatic carboxylic acids is 1. The summed E-state index contributed by atoms with van der Waals surface area (Å²) in [4.78, 5) is 14.8. The standard InChI is InChI=1S/C10H9N3O3/c14-10(15)8-2-1-4-11-9(8)12-6-7-3-5-13-16-7/h1-5H,6H2,(H,11,12)(H,14,15). The molecule has 0 unspecified atom stereocenters. The Hall–Kier alpha value is -2.37. The average Bonchev–Trinajstić information content (AvgIpc) is 2.79. The van der Waals surface area contributed by atoms with E-state index in [1.54, 1.807) is 12.1 Å². The molecule has 2 aromatic rings. The Labute approximate surface area is 90.9 Å². The third-order valence-electron chi connectivity index (χ3n) is 1.96. The van der Waals surface area contributed by atoms with Crippen molar-refractivity contribution in [2.45, 2.75) is 6.54 Å².